The highest BCUT2D eigenvalue weighted by molar-refractivity contribution is 6.03. The third kappa shape index (κ3) is 1.90. The highest BCUT2D eigenvalue weighted by Gasteiger charge is 2.12. The Morgan fingerprint density at radius 3 is 2.75 bits per heavy atom. The van der Waals surface area contributed by atoms with Crippen molar-refractivity contribution in [3.8, 4) is 0 Å². The number of aryl methyl sites for hydroxylation is 2. The number of aromatic amines is 1. The number of rotatable bonds is 2. The van der Waals surface area contributed by atoms with Crippen molar-refractivity contribution in [1.82, 2.24) is 20.2 Å². The number of nitrogens with zero attached hydrogens (tertiary/aromatic N) is 3. The molecule has 0 aliphatic rings. The summed E-state index contributed by atoms with van der Waals surface area (Å²) in [5.74, 6) is -0.291. The van der Waals surface area contributed by atoms with Crippen molar-refractivity contribution in [3.63, 3.8) is 0 Å². The van der Waals surface area contributed by atoms with E-state index in [1.165, 1.54) is 18.6 Å². The fourth-order valence-electron chi connectivity index (χ4n) is 1.33. The van der Waals surface area contributed by atoms with Crippen LogP contribution in [0, 0.1) is 13.8 Å². The molecule has 16 heavy (non-hydrogen) atoms. The summed E-state index contributed by atoms with van der Waals surface area (Å²) in [5, 5.41) is 9.52. The van der Waals surface area contributed by atoms with Crippen molar-refractivity contribution in [1.29, 1.82) is 0 Å². The second-order valence-electron chi connectivity index (χ2n) is 3.35. The SMILES string of the molecule is Cc1n[nH]c(C)c1NC(=O)c1cnccn1. The Morgan fingerprint density at radius 1 is 1.38 bits per heavy atom. The number of H-pyrrole nitrogens is 1. The molecule has 0 radical (unpaired) electrons. The summed E-state index contributed by atoms with van der Waals surface area (Å²) >= 11 is 0. The predicted octanol–water partition coefficient (Wildman–Crippen LogP) is 1.07. The first-order valence-corrected chi connectivity index (χ1v) is 4.77. The number of nitrogens with one attached hydrogen (secondary N) is 2. The Balaban J connectivity index is 2.21. The lowest BCUT2D eigenvalue weighted by Crippen LogP contribution is -2.14. The maximum Gasteiger partial charge on any atom is 0.275 e. The van der Waals surface area contributed by atoms with Crippen molar-refractivity contribution in [2.75, 3.05) is 5.32 Å². The van der Waals surface area contributed by atoms with E-state index in [-0.39, 0.29) is 11.6 Å². The van der Waals surface area contributed by atoms with Gasteiger partial charge in [0.1, 0.15) is 5.69 Å². The zero-order valence-electron chi connectivity index (χ0n) is 8.98. The van der Waals surface area contributed by atoms with Gasteiger partial charge < -0.3 is 5.32 Å². The van der Waals surface area contributed by atoms with Gasteiger partial charge in [-0.05, 0) is 13.8 Å². The summed E-state index contributed by atoms with van der Waals surface area (Å²) < 4.78 is 0. The molecule has 0 aliphatic carbocycles. The van der Waals surface area contributed by atoms with E-state index in [1.54, 1.807) is 0 Å². The second-order valence-corrected chi connectivity index (χ2v) is 3.35. The molecule has 1 amide bonds. The van der Waals surface area contributed by atoms with E-state index >= 15 is 0 Å². The molecule has 0 aromatic carbocycles. The summed E-state index contributed by atoms with van der Waals surface area (Å²) in [6.07, 6.45) is 4.41. The molecule has 6 heteroatoms. The second kappa shape index (κ2) is 4.09. The van der Waals surface area contributed by atoms with Crippen LogP contribution in [0.1, 0.15) is 21.9 Å². The van der Waals surface area contributed by atoms with Gasteiger partial charge in [-0.2, -0.15) is 5.10 Å². The highest BCUT2D eigenvalue weighted by Crippen LogP contribution is 2.16. The summed E-state index contributed by atoms with van der Waals surface area (Å²) in [7, 11) is 0. The lowest BCUT2D eigenvalue weighted by Gasteiger charge is -2.03. The van der Waals surface area contributed by atoms with E-state index in [0.29, 0.717) is 5.69 Å². The Labute approximate surface area is 92.1 Å². The molecule has 2 aromatic heterocycles. The molecule has 82 valence electrons. The number of anilines is 1. The minimum atomic E-state index is -0.291. The Bertz CT molecular complexity index is 486. The smallest absolute Gasteiger partial charge is 0.275 e. The average Bonchev–Trinajstić information content (AvgIpc) is 2.62. The van der Waals surface area contributed by atoms with Crippen molar-refractivity contribution >= 4 is 11.6 Å². The Hall–Kier alpha value is -2.24. The van der Waals surface area contributed by atoms with Gasteiger partial charge in [-0.3, -0.25) is 14.9 Å². The lowest BCUT2D eigenvalue weighted by molar-refractivity contribution is 0.102. The van der Waals surface area contributed by atoms with Crippen LogP contribution < -0.4 is 5.32 Å². The van der Waals surface area contributed by atoms with Crippen molar-refractivity contribution in [2.45, 2.75) is 13.8 Å². The summed E-state index contributed by atoms with van der Waals surface area (Å²) in [5.41, 5.74) is 2.53. The summed E-state index contributed by atoms with van der Waals surface area (Å²) in [6.45, 7) is 3.65. The molecular weight excluding hydrogens is 206 g/mol. The van der Waals surface area contributed by atoms with Crippen LogP contribution >= 0.6 is 0 Å². The molecule has 0 unspecified atom stereocenters. The number of hydrogen-bond acceptors (Lipinski definition) is 4. The predicted molar refractivity (Wildman–Crippen MR) is 58.0 cm³/mol. The molecule has 6 nitrogen and oxygen atoms in total. The maximum atomic E-state index is 11.8. The van der Waals surface area contributed by atoms with Gasteiger partial charge in [-0.25, -0.2) is 4.98 Å². The van der Waals surface area contributed by atoms with Crippen LogP contribution in [0.25, 0.3) is 0 Å². The van der Waals surface area contributed by atoms with Crippen LogP contribution in [0.4, 0.5) is 5.69 Å². The van der Waals surface area contributed by atoms with E-state index < -0.39 is 0 Å². The topological polar surface area (TPSA) is 83.6 Å². The Kier molecular flexibility index (Phi) is 2.63. The number of aromatic nitrogens is 4. The normalized spacial score (nSPS) is 10.1. The molecule has 0 saturated heterocycles. The zero-order chi connectivity index (χ0) is 11.5. The monoisotopic (exact) mass is 217 g/mol. The fraction of sp³-hybridized carbons (Fsp3) is 0.200. The first kappa shape index (κ1) is 10.3. The molecule has 0 saturated carbocycles. The van der Waals surface area contributed by atoms with Crippen LogP contribution in [-0.2, 0) is 0 Å². The average molecular weight is 217 g/mol. The molecule has 0 aliphatic heterocycles. The van der Waals surface area contributed by atoms with Crippen LogP contribution in [0.5, 0.6) is 0 Å². The van der Waals surface area contributed by atoms with Gasteiger partial charge in [0, 0.05) is 12.4 Å². The Morgan fingerprint density at radius 2 is 2.19 bits per heavy atom. The minimum absolute atomic E-state index is 0.280. The highest BCUT2D eigenvalue weighted by atomic mass is 16.1. The zero-order valence-corrected chi connectivity index (χ0v) is 8.98. The number of carbonyl (C=O) groups excluding carboxylic acids is 1. The van der Waals surface area contributed by atoms with Crippen LogP contribution in [0.3, 0.4) is 0 Å². The standard InChI is InChI=1S/C10H11N5O/c1-6-9(7(2)15-14-6)13-10(16)8-5-11-3-4-12-8/h3-5H,1-2H3,(H,13,16)(H,14,15). The van der Waals surface area contributed by atoms with Crippen molar-refractivity contribution in [3.05, 3.63) is 35.7 Å². The lowest BCUT2D eigenvalue weighted by atomic mass is 10.3. The molecule has 0 fully saturated rings. The van der Waals surface area contributed by atoms with Gasteiger partial charge in [0.2, 0.25) is 0 Å². The van der Waals surface area contributed by atoms with Gasteiger partial charge >= 0.3 is 0 Å². The molecule has 2 N–H and O–H groups in total. The van der Waals surface area contributed by atoms with Gasteiger partial charge in [0.15, 0.2) is 0 Å². The quantitative estimate of drug-likeness (QED) is 0.788. The van der Waals surface area contributed by atoms with E-state index in [4.69, 9.17) is 0 Å². The minimum Gasteiger partial charge on any atom is -0.317 e. The van der Waals surface area contributed by atoms with E-state index in [0.717, 1.165) is 11.4 Å². The van der Waals surface area contributed by atoms with Gasteiger partial charge in [-0.1, -0.05) is 0 Å². The van der Waals surface area contributed by atoms with Gasteiger partial charge in [0.05, 0.1) is 23.3 Å². The van der Waals surface area contributed by atoms with Gasteiger partial charge in [-0.15, -0.1) is 0 Å². The number of amides is 1. The maximum absolute atomic E-state index is 11.8. The molecule has 2 aromatic rings. The summed E-state index contributed by atoms with van der Waals surface area (Å²) in [4.78, 5) is 19.5. The van der Waals surface area contributed by atoms with E-state index in [9.17, 15) is 4.79 Å². The molecule has 2 rings (SSSR count). The first-order chi connectivity index (χ1) is 7.68. The molecule has 0 atom stereocenters. The first-order valence-electron chi connectivity index (χ1n) is 4.77. The summed E-state index contributed by atoms with van der Waals surface area (Å²) in [6, 6.07) is 0. The largest absolute Gasteiger partial charge is 0.317 e. The fourth-order valence-corrected chi connectivity index (χ4v) is 1.33. The molecule has 2 heterocycles. The van der Waals surface area contributed by atoms with Crippen molar-refractivity contribution in [2.24, 2.45) is 0 Å². The van der Waals surface area contributed by atoms with Crippen LogP contribution in [0.15, 0.2) is 18.6 Å². The van der Waals surface area contributed by atoms with Crippen molar-refractivity contribution < 1.29 is 4.79 Å². The molecule has 0 spiro atoms. The van der Waals surface area contributed by atoms with Crippen LogP contribution in [-0.4, -0.2) is 26.1 Å². The third-order valence-corrected chi connectivity index (χ3v) is 2.16. The van der Waals surface area contributed by atoms with E-state index in [1.807, 2.05) is 13.8 Å². The molecule has 0 bridgehead atoms. The molecular formula is C10H11N5O. The van der Waals surface area contributed by atoms with Gasteiger partial charge in [0.25, 0.3) is 5.91 Å². The number of hydrogen-bond donors (Lipinski definition) is 2. The van der Waals surface area contributed by atoms with E-state index in [2.05, 4.69) is 25.5 Å². The third-order valence-electron chi connectivity index (χ3n) is 2.16. The number of carbonyl (C=O) groups is 1. The van der Waals surface area contributed by atoms with Crippen LogP contribution in [0.2, 0.25) is 0 Å².